The normalized spacial score (nSPS) is 13.4. The van der Waals surface area contributed by atoms with Crippen LogP contribution < -0.4 is 14.5 Å². The van der Waals surface area contributed by atoms with Gasteiger partial charge in [0.15, 0.2) is 0 Å². The number of pyridine rings is 1. The summed E-state index contributed by atoms with van der Waals surface area (Å²) in [4.78, 5) is 9.81. The van der Waals surface area contributed by atoms with Gasteiger partial charge in [0.2, 0.25) is 0 Å². The molecular formula is C66H68N4O. The Balaban J connectivity index is 1.12. The number of hydrogen-bond acceptors (Lipinski definition) is 4. The van der Waals surface area contributed by atoms with Crippen molar-refractivity contribution in [3.63, 3.8) is 0 Å². The van der Waals surface area contributed by atoms with Gasteiger partial charge in [0.1, 0.15) is 17.3 Å². The van der Waals surface area contributed by atoms with E-state index >= 15 is 0 Å². The van der Waals surface area contributed by atoms with E-state index in [-0.39, 0.29) is 16.2 Å². The van der Waals surface area contributed by atoms with E-state index in [0.717, 1.165) is 45.0 Å². The van der Waals surface area contributed by atoms with Gasteiger partial charge < -0.3 is 14.5 Å². The van der Waals surface area contributed by atoms with Crippen LogP contribution in [0.1, 0.15) is 127 Å². The number of anilines is 2. The van der Waals surface area contributed by atoms with Crippen LogP contribution in [0.4, 0.5) is 11.4 Å². The Hall–Kier alpha value is -7.37. The highest BCUT2D eigenvalue weighted by atomic mass is 16.5. The molecule has 0 radical (unpaired) electrons. The van der Waals surface area contributed by atoms with Crippen molar-refractivity contribution in [2.24, 2.45) is 0 Å². The summed E-state index contributed by atoms with van der Waals surface area (Å²) in [6, 6.07) is 62.1. The van der Waals surface area contributed by atoms with Gasteiger partial charge in [-0.05, 0) is 122 Å². The Morgan fingerprint density at radius 2 is 1.03 bits per heavy atom. The first-order chi connectivity index (χ1) is 34.0. The second kappa shape index (κ2) is 18.4. The summed E-state index contributed by atoms with van der Waals surface area (Å²) in [6.45, 7) is 25.9. The van der Waals surface area contributed by atoms with Gasteiger partial charge in [-0.2, -0.15) is 0 Å². The molecule has 7 aromatic carbocycles. The molecule has 0 bridgehead atoms. The molecule has 358 valence electrons. The maximum atomic E-state index is 7.17. The van der Waals surface area contributed by atoms with Gasteiger partial charge in [0.05, 0.1) is 17.7 Å². The summed E-state index contributed by atoms with van der Waals surface area (Å²) >= 11 is 0. The minimum Gasteiger partial charge on any atom is -0.457 e. The van der Waals surface area contributed by atoms with Crippen molar-refractivity contribution in [2.75, 3.05) is 16.5 Å². The summed E-state index contributed by atoms with van der Waals surface area (Å²) in [6.07, 6.45) is 6.36. The Labute approximate surface area is 422 Å². The van der Waals surface area contributed by atoms with Crippen LogP contribution in [0.25, 0.3) is 38.8 Å². The first-order valence-electron chi connectivity index (χ1n) is 25.4. The highest BCUT2D eigenvalue weighted by Crippen LogP contribution is 2.44. The summed E-state index contributed by atoms with van der Waals surface area (Å²) in [7, 11) is 0. The summed E-state index contributed by atoms with van der Waals surface area (Å²) < 4.78 is 9.52. The van der Waals surface area contributed by atoms with Crippen LogP contribution in [-0.4, -0.2) is 16.2 Å². The lowest BCUT2D eigenvalue weighted by molar-refractivity contribution is 0.483. The molecule has 2 aromatic heterocycles. The second-order valence-electron chi connectivity index (χ2n) is 22.2. The minimum absolute atomic E-state index is 0.0526. The van der Waals surface area contributed by atoms with Gasteiger partial charge in [0.25, 0.3) is 0 Å². The maximum absolute atomic E-state index is 7.17. The van der Waals surface area contributed by atoms with E-state index in [2.05, 4.69) is 273 Å². The van der Waals surface area contributed by atoms with Crippen LogP contribution in [0.3, 0.4) is 0 Å². The largest absolute Gasteiger partial charge is 0.457 e. The molecule has 0 unspecified atom stereocenters. The van der Waals surface area contributed by atoms with Crippen molar-refractivity contribution >= 4 is 33.2 Å². The van der Waals surface area contributed by atoms with E-state index in [9.17, 15) is 0 Å². The molecule has 0 amide bonds. The molecule has 0 fully saturated rings. The lowest BCUT2D eigenvalue weighted by Gasteiger charge is -2.27. The molecule has 0 atom stereocenters. The van der Waals surface area contributed by atoms with Gasteiger partial charge >= 0.3 is 0 Å². The number of hydrogen-bond donors (Lipinski definition) is 0. The molecule has 1 aliphatic heterocycles. The van der Waals surface area contributed by atoms with E-state index in [1.54, 1.807) is 0 Å². The zero-order chi connectivity index (χ0) is 49.8. The Kier molecular flexibility index (Phi) is 12.3. The number of ether oxygens (including phenoxy) is 1. The zero-order valence-corrected chi connectivity index (χ0v) is 43.5. The fourth-order valence-electron chi connectivity index (χ4n) is 10.5. The Bertz CT molecular complexity index is 3400. The zero-order valence-electron chi connectivity index (χ0n) is 43.5. The van der Waals surface area contributed by atoms with Gasteiger partial charge in [0, 0.05) is 63.7 Å². The molecule has 0 N–H and O–H groups in total. The smallest absolute Gasteiger partial charge is 0.137 e. The van der Waals surface area contributed by atoms with Gasteiger partial charge in [-0.3, -0.25) is 4.57 Å². The molecule has 3 heterocycles. The fraction of sp³-hybridized carbons (Fsp3) is 0.258. The minimum atomic E-state index is -0.253. The molecule has 9 aromatic rings. The lowest BCUT2D eigenvalue weighted by Crippen LogP contribution is -2.25. The summed E-state index contributed by atoms with van der Waals surface area (Å²) in [5, 5.41) is 2.31. The van der Waals surface area contributed by atoms with Crippen molar-refractivity contribution in [1.82, 2.24) is 9.55 Å². The van der Waals surface area contributed by atoms with Crippen LogP contribution >= 0.6 is 0 Å². The second-order valence-corrected chi connectivity index (χ2v) is 22.2. The SMILES string of the molecule is CC(C)c1cccc(C(C)C)c1-c1cc(Oc2ccc3c4ccc(C(C)(C)c5ccccc5)cc4n(-c4cc(C(C)(C)c5ccccc5)ccn4)c3c2)cc(N2C=CN(c3cccc(C(C)(C)C)c3)C2)c1. The topological polar surface area (TPSA) is 33.5 Å². The first kappa shape index (κ1) is 47.3. The quantitative estimate of drug-likeness (QED) is 0.122. The highest BCUT2D eigenvalue weighted by Gasteiger charge is 2.28. The average molecular weight is 933 g/mol. The monoisotopic (exact) mass is 933 g/mol. The molecule has 1 aliphatic rings. The Morgan fingerprint density at radius 3 is 1.65 bits per heavy atom. The maximum Gasteiger partial charge on any atom is 0.137 e. The van der Waals surface area contributed by atoms with Crippen LogP contribution in [-0.2, 0) is 16.2 Å². The predicted molar refractivity (Wildman–Crippen MR) is 300 cm³/mol. The molecule has 71 heavy (non-hydrogen) atoms. The number of benzene rings is 7. The lowest BCUT2D eigenvalue weighted by atomic mass is 9.78. The first-order valence-corrected chi connectivity index (χ1v) is 25.4. The van der Waals surface area contributed by atoms with E-state index in [1.807, 2.05) is 6.20 Å². The third-order valence-electron chi connectivity index (χ3n) is 15.0. The standard InChI is InChI=1S/C66H68N4O/c1-44(2)56-26-19-27-57(45(3)4)63(56)46-36-53(69-35-34-68(43-69)52-25-18-24-49(38-52)64(5,6)7)41-55(37-46)71-54-29-31-59-58-30-28-50(65(8,9)47-20-14-12-15-21-47)39-60(58)70(61(59)42-54)62-40-51(32-33-67-62)66(10,11)48-22-16-13-17-23-48/h12-42,44-45H,43H2,1-11H3. The third-order valence-corrected chi connectivity index (χ3v) is 15.0. The van der Waals surface area contributed by atoms with Gasteiger partial charge in [-0.25, -0.2) is 4.98 Å². The molecular weight excluding hydrogens is 865 g/mol. The summed E-state index contributed by atoms with van der Waals surface area (Å²) in [5.41, 5.74) is 15.3. The van der Waals surface area contributed by atoms with E-state index in [4.69, 9.17) is 9.72 Å². The van der Waals surface area contributed by atoms with Crippen LogP contribution in [0.5, 0.6) is 11.5 Å². The fourth-order valence-corrected chi connectivity index (χ4v) is 10.5. The van der Waals surface area contributed by atoms with Gasteiger partial charge in [-0.1, -0.05) is 179 Å². The molecule has 5 nitrogen and oxygen atoms in total. The number of nitrogens with zero attached hydrogens (tertiary/aromatic N) is 4. The molecule has 0 saturated heterocycles. The van der Waals surface area contributed by atoms with Crippen LogP contribution in [0.2, 0.25) is 0 Å². The highest BCUT2D eigenvalue weighted by molar-refractivity contribution is 6.09. The predicted octanol–water partition coefficient (Wildman–Crippen LogP) is 17.6. The van der Waals surface area contributed by atoms with Crippen molar-refractivity contribution in [3.8, 4) is 28.4 Å². The number of aromatic nitrogens is 2. The van der Waals surface area contributed by atoms with Crippen molar-refractivity contribution in [2.45, 2.75) is 104 Å². The number of fused-ring (bicyclic) bond motifs is 3. The molecule has 0 saturated carbocycles. The van der Waals surface area contributed by atoms with E-state index < -0.39 is 0 Å². The van der Waals surface area contributed by atoms with Crippen molar-refractivity contribution in [1.29, 1.82) is 0 Å². The molecule has 5 heteroatoms. The average Bonchev–Trinajstić information content (AvgIpc) is 4.00. The molecule has 10 rings (SSSR count). The summed E-state index contributed by atoms with van der Waals surface area (Å²) in [5.74, 6) is 3.08. The Morgan fingerprint density at radius 1 is 0.465 bits per heavy atom. The third kappa shape index (κ3) is 9.04. The van der Waals surface area contributed by atoms with Crippen molar-refractivity contribution in [3.05, 3.63) is 227 Å². The molecule has 0 aliphatic carbocycles. The van der Waals surface area contributed by atoms with Crippen LogP contribution in [0, 0.1) is 0 Å². The van der Waals surface area contributed by atoms with Crippen molar-refractivity contribution < 1.29 is 4.74 Å². The molecule has 0 spiro atoms. The number of rotatable bonds is 12. The van der Waals surface area contributed by atoms with E-state index in [1.165, 1.54) is 55.6 Å². The van der Waals surface area contributed by atoms with E-state index in [0.29, 0.717) is 18.5 Å². The van der Waals surface area contributed by atoms with Gasteiger partial charge in [-0.15, -0.1) is 0 Å². The van der Waals surface area contributed by atoms with Crippen LogP contribution in [0.15, 0.2) is 188 Å².